The van der Waals surface area contributed by atoms with Gasteiger partial charge < -0.3 is 10.5 Å². The fourth-order valence-electron chi connectivity index (χ4n) is 1.24. The van der Waals surface area contributed by atoms with Gasteiger partial charge in [-0.1, -0.05) is 0 Å². The molecule has 0 bridgehead atoms. The largest absolute Gasteiger partial charge is 0.397 e. The predicted molar refractivity (Wildman–Crippen MR) is 69.3 cm³/mol. The minimum absolute atomic E-state index is 0.0314. The summed E-state index contributed by atoms with van der Waals surface area (Å²) in [7, 11) is -3.54. The number of anilines is 2. The summed E-state index contributed by atoms with van der Waals surface area (Å²) in [4.78, 5) is 0. The van der Waals surface area contributed by atoms with Crippen LogP contribution in [0.4, 0.5) is 15.8 Å². The number of rotatable bonds is 6. The van der Waals surface area contributed by atoms with Gasteiger partial charge in [-0.3, -0.25) is 4.72 Å². The first kappa shape index (κ1) is 14.7. The molecule has 0 fully saturated rings. The minimum atomic E-state index is -3.54. The first-order chi connectivity index (χ1) is 8.30. The summed E-state index contributed by atoms with van der Waals surface area (Å²) >= 11 is 0. The van der Waals surface area contributed by atoms with E-state index in [1.54, 1.807) is 0 Å². The molecule has 0 aliphatic rings. The Morgan fingerprint density at radius 2 is 2.11 bits per heavy atom. The highest BCUT2D eigenvalue weighted by molar-refractivity contribution is 7.92. The number of benzene rings is 1. The third kappa shape index (κ3) is 4.89. The second-order valence-electron chi connectivity index (χ2n) is 4.07. The van der Waals surface area contributed by atoms with Crippen molar-refractivity contribution in [3.8, 4) is 0 Å². The smallest absolute Gasteiger partial charge is 0.235 e. The van der Waals surface area contributed by atoms with Crippen LogP contribution >= 0.6 is 0 Å². The molecule has 1 aromatic rings. The van der Waals surface area contributed by atoms with Crippen molar-refractivity contribution in [2.75, 3.05) is 22.8 Å². The minimum Gasteiger partial charge on any atom is -0.397 e. The molecule has 5 nitrogen and oxygen atoms in total. The fourth-order valence-corrected chi connectivity index (χ4v) is 2.18. The number of nitrogens with two attached hydrogens (primary N) is 1. The maximum Gasteiger partial charge on any atom is 0.235 e. The van der Waals surface area contributed by atoms with Gasteiger partial charge in [-0.05, 0) is 32.0 Å². The van der Waals surface area contributed by atoms with Crippen LogP contribution in [0.2, 0.25) is 0 Å². The predicted octanol–water partition coefficient (Wildman–Crippen LogP) is 1.57. The summed E-state index contributed by atoms with van der Waals surface area (Å²) < 4.78 is 43.6. The fraction of sp³-hybridized carbons (Fsp3) is 0.455. The molecule has 0 saturated heterocycles. The van der Waals surface area contributed by atoms with Crippen LogP contribution in [0.1, 0.15) is 13.8 Å². The van der Waals surface area contributed by atoms with Gasteiger partial charge in [-0.25, -0.2) is 12.8 Å². The number of hydrogen-bond donors (Lipinski definition) is 2. The Bertz CT molecular complexity index is 503. The maximum atomic E-state index is 12.8. The van der Waals surface area contributed by atoms with Crippen molar-refractivity contribution in [3.05, 3.63) is 24.0 Å². The monoisotopic (exact) mass is 276 g/mol. The molecule has 0 radical (unpaired) electrons. The van der Waals surface area contributed by atoms with Gasteiger partial charge in [0.1, 0.15) is 5.82 Å². The molecule has 0 aromatic heterocycles. The summed E-state index contributed by atoms with van der Waals surface area (Å²) in [6.07, 6.45) is -0.0314. The summed E-state index contributed by atoms with van der Waals surface area (Å²) in [6.45, 7) is 3.73. The van der Waals surface area contributed by atoms with Crippen molar-refractivity contribution in [3.63, 3.8) is 0 Å². The lowest BCUT2D eigenvalue weighted by atomic mass is 10.3. The lowest BCUT2D eigenvalue weighted by Crippen LogP contribution is -2.22. The zero-order valence-corrected chi connectivity index (χ0v) is 11.1. The van der Waals surface area contributed by atoms with Crippen molar-refractivity contribution >= 4 is 21.4 Å². The third-order valence-corrected chi connectivity index (χ3v) is 3.32. The average molecular weight is 276 g/mol. The Morgan fingerprint density at radius 1 is 1.44 bits per heavy atom. The molecule has 18 heavy (non-hydrogen) atoms. The molecule has 0 aliphatic heterocycles. The van der Waals surface area contributed by atoms with E-state index in [1.165, 1.54) is 6.07 Å². The van der Waals surface area contributed by atoms with Gasteiger partial charge >= 0.3 is 0 Å². The normalized spacial score (nSPS) is 11.8. The molecular formula is C11H17FN2O3S. The van der Waals surface area contributed by atoms with Crippen molar-refractivity contribution in [2.24, 2.45) is 0 Å². The summed E-state index contributed by atoms with van der Waals surface area (Å²) in [6, 6.07) is 3.48. The van der Waals surface area contributed by atoms with Crippen LogP contribution in [-0.2, 0) is 14.8 Å². The van der Waals surface area contributed by atoms with Crippen LogP contribution in [0.15, 0.2) is 18.2 Å². The highest BCUT2D eigenvalue weighted by Gasteiger charge is 2.12. The molecule has 0 amide bonds. The number of halogens is 1. The maximum absolute atomic E-state index is 12.8. The first-order valence-corrected chi connectivity index (χ1v) is 7.12. The van der Waals surface area contributed by atoms with Gasteiger partial charge in [0.25, 0.3) is 0 Å². The number of nitrogen functional groups attached to an aromatic ring is 1. The number of hydrogen-bond acceptors (Lipinski definition) is 4. The molecule has 1 aromatic carbocycles. The molecule has 0 spiro atoms. The van der Waals surface area contributed by atoms with Crippen molar-refractivity contribution in [1.82, 2.24) is 0 Å². The van der Waals surface area contributed by atoms with E-state index in [4.69, 9.17) is 10.5 Å². The van der Waals surface area contributed by atoms with E-state index in [0.29, 0.717) is 0 Å². The second kappa shape index (κ2) is 6.01. The molecule has 0 aliphatic carbocycles. The van der Waals surface area contributed by atoms with Crippen molar-refractivity contribution in [1.29, 1.82) is 0 Å². The standard InChI is InChI=1S/C11H17FN2O3S/c1-8(2)17-5-6-18(15,16)14-11-4-3-9(12)7-10(11)13/h3-4,7-8,14H,5-6,13H2,1-2H3. The highest BCUT2D eigenvalue weighted by atomic mass is 32.2. The first-order valence-electron chi connectivity index (χ1n) is 5.47. The van der Waals surface area contributed by atoms with Crippen LogP contribution in [0.3, 0.4) is 0 Å². The van der Waals surface area contributed by atoms with E-state index in [2.05, 4.69) is 4.72 Å². The highest BCUT2D eigenvalue weighted by Crippen LogP contribution is 2.20. The van der Waals surface area contributed by atoms with Crippen LogP contribution in [0, 0.1) is 5.82 Å². The molecule has 1 rings (SSSR count). The van der Waals surface area contributed by atoms with Crippen LogP contribution < -0.4 is 10.5 Å². The molecule has 0 atom stereocenters. The van der Waals surface area contributed by atoms with Crippen molar-refractivity contribution in [2.45, 2.75) is 20.0 Å². The van der Waals surface area contributed by atoms with E-state index in [9.17, 15) is 12.8 Å². The number of ether oxygens (including phenoxy) is 1. The molecular weight excluding hydrogens is 259 g/mol. The Morgan fingerprint density at radius 3 is 2.67 bits per heavy atom. The van der Waals surface area contributed by atoms with E-state index in [-0.39, 0.29) is 29.8 Å². The molecule has 3 N–H and O–H groups in total. The van der Waals surface area contributed by atoms with Gasteiger partial charge in [-0.2, -0.15) is 0 Å². The van der Waals surface area contributed by atoms with E-state index >= 15 is 0 Å². The van der Waals surface area contributed by atoms with Gasteiger partial charge in [0, 0.05) is 0 Å². The lowest BCUT2D eigenvalue weighted by Gasteiger charge is -2.11. The Labute approximate surface area is 106 Å². The summed E-state index contributed by atoms with van der Waals surface area (Å²) in [5, 5.41) is 0. The van der Waals surface area contributed by atoms with E-state index in [0.717, 1.165) is 12.1 Å². The zero-order chi connectivity index (χ0) is 13.8. The zero-order valence-electron chi connectivity index (χ0n) is 10.3. The molecule has 0 saturated carbocycles. The van der Waals surface area contributed by atoms with Gasteiger partial charge in [0.15, 0.2) is 0 Å². The van der Waals surface area contributed by atoms with Crippen LogP contribution in [0.25, 0.3) is 0 Å². The number of sulfonamides is 1. The number of nitrogens with one attached hydrogen (secondary N) is 1. The van der Waals surface area contributed by atoms with Crippen LogP contribution in [0.5, 0.6) is 0 Å². The Balaban J connectivity index is 2.65. The third-order valence-electron chi connectivity index (χ3n) is 2.08. The summed E-state index contributed by atoms with van der Waals surface area (Å²) in [5.41, 5.74) is 5.72. The molecule has 0 heterocycles. The van der Waals surface area contributed by atoms with E-state index in [1.807, 2.05) is 13.8 Å². The molecule has 102 valence electrons. The molecule has 0 unspecified atom stereocenters. The van der Waals surface area contributed by atoms with Gasteiger partial charge in [0.2, 0.25) is 10.0 Å². The molecule has 7 heteroatoms. The SMILES string of the molecule is CC(C)OCCS(=O)(=O)Nc1ccc(F)cc1N. The van der Waals surface area contributed by atoms with Crippen LogP contribution in [-0.4, -0.2) is 26.9 Å². The Kier molecular flexibility index (Phi) is 4.92. The topological polar surface area (TPSA) is 81.4 Å². The Hall–Kier alpha value is -1.34. The van der Waals surface area contributed by atoms with Gasteiger partial charge in [-0.15, -0.1) is 0 Å². The van der Waals surface area contributed by atoms with Gasteiger partial charge in [0.05, 0.1) is 29.8 Å². The van der Waals surface area contributed by atoms with Crippen molar-refractivity contribution < 1.29 is 17.5 Å². The lowest BCUT2D eigenvalue weighted by molar-refractivity contribution is 0.0913. The van der Waals surface area contributed by atoms with E-state index < -0.39 is 15.8 Å². The summed E-state index contributed by atoms with van der Waals surface area (Å²) in [5.74, 6) is -0.694. The average Bonchev–Trinajstić information content (AvgIpc) is 2.21. The quantitative estimate of drug-likeness (QED) is 0.773. The second-order valence-corrected chi connectivity index (χ2v) is 5.91.